The molecular formula is C31H21N4P. The monoisotopic (exact) mass is 480 g/mol. The van der Waals surface area contributed by atoms with Gasteiger partial charge in [0.05, 0.1) is 32.9 Å². The van der Waals surface area contributed by atoms with E-state index in [2.05, 4.69) is 94.9 Å². The molecule has 0 radical (unpaired) electrons. The van der Waals surface area contributed by atoms with Gasteiger partial charge in [0.1, 0.15) is 0 Å². The maximum absolute atomic E-state index is 5.24. The van der Waals surface area contributed by atoms with Crippen LogP contribution >= 0.6 is 6.89 Å². The molecule has 4 nitrogen and oxygen atoms in total. The Morgan fingerprint density at radius 1 is 0.444 bits per heavy atom. The van der Waals surface area contributed by atoms with E-state index in [4.69, 9.17) is 16.3 Å². The van der Waals surface area contributed by atoms with Gasteiger partial charge in [-0.25, -0.2) is 9.97 Å². The number of nitrogens with zero attached hydrogens (tertiary/aromatic N) is 4. The van der Waals surface area contributed by atoms with E-state index in [1.165, 1.54) is 0 Å². The molecule has 0 bridgehead atoms. The normalized spacial score (nSPS) is 12.0. The summed E-state index contributed by atoms with van der Waals surface area (Å²) in [6.07, 6.45) is 8.54. The number of hydrogen-bond acceptors (Lipinski definition) is 4. The third-order valence-electron chi connectivity index (χ3n) is 6.81. The summed E-state index contributed by atoms with van der Waals surface area (Å²) in [5.41, 5.74) is 5.44. The molecule has 7 rings (SSSR count). The van der Waals surface area contributed by atoms with Crippen LogP contribution in [-0.2, 0) is 0 Å². The van der Waals surface area contributed by atoms with Crippen molar-refractivity contribution in [2.75, 3.05) is 0 Å². The molecule has 0 saturated heterocycles. The molecule has 0 fully saturated rings. The summed E-state index contributed by atoms with van der Waals surface area (Å²) in [7, 11) is 0. The third-order valence-corrected chi connectivity index (χ3v) is 10.1. The molecular weight excluding hydrogens is 459 g/mol. The van der Waals surface area contributed by atoms with Gasteiger partial charge in [-0.2, -0.15) is 0 Å². The highest BCUT2D eigenvalue weighted by Crippen LogP contribution is 2.41. The molecule has 0 unspecified atom stereocenters. The van der Waals surface area contributed by atoms with Crippen molar-refractivity contribution in [3.8, 4) is 0 Å². The molecule has 0 spiro atoms. The highest BCUT2D eigenvalue weighted by Gasteiger charge is 2.26. The highest BCUT2D eigenvalue weighted by atomic mass is 31.2. The lowest BCUT2D eigenvalue weighted by Gasteiger charge is -2.25. The lowest BCUT2D eigenvalue weighted by Crippen LogP contribution is -2.29. The SMILES string of the molecule is C=P(c1ccccc1)(c1ccc2ccc3cccnc3c2n1)c1ccc2ccc3cccnc3c2n1. The van der Waals surface area contributed by atoms with E-state index in [-0.39, 0.29) is 0 Å². The van der Waals surface area contributed by atoms with Crippen molar-refractivity contribution >= 4 is 73.0 Å². The maximum atomic E-state index is 5.24. The molecule has 36 heavy (non-hydrogen) atoms. The van der Waals surface area contributed by atoms with Gasteiger partial charge in [0.25, 0.3) is 0 Å². The van der Waals surface area contributed by atoms with Crippen LogP contribution < -0.4 is 16.2 Å². The fourth-order valence-corrected chi connectivity index (χ4v) is 7.56. The number of benzene rings is 3. The van der Waals surface area contributed by atoms with E-state index in [1.54, 1.807) is 0 Å². The van der Waals surface area contributed by atoms with Crippen LogP contribution in [0, 0.1) is 0 Å². The Labute approximate surface area is 208 Å². The summed E-state index contributed by atoms with van der Waals surface area (Å²) in [4.78, 5) is 19.8. The predicted molar refractivity (Wildman–Crippen MR) is 153 cm³/mol. The number of aromatic nitrogens is 4. The van der Waals surface area contributed by atoms with Crippen molar-refractivity contribution < 1.29 is 0 Å². The average molecular weight is 481 g/mol. The lowest BCUT2D eigenvalue weighted by molar-refractivity contribution is 1.39. The first-order chi connectivity index (χ1) is 17.7. The van der Waals surface area contributed by atoms with Crippen molar-refractivity contribution in [3.63, 3.8) is 0 Å². The van der Waals surface area contributed by atoms with Crippen LogP contribution in [0.15, 0.2) is 116 Å². The Hall–Kier alpha value is -4.40. The second kappa shape index (κ2) is 8.08. The van der Waals surface area contributed by atoms with Crippen LogP contribution in [0.2, 0.25) is 0 Å². The Bertz CT molecular complexity index is 1860. The summed E-state index contributed by atoms with van der Waals surface area (Å²) in [6.45, 7) is -2.42. The van der Waals surface area contributed by atoms with Crippen molar-refractivity contribution in [2.45, 2.75) is 0 Å². The van der Waals surface area contributed by atoms with Gasteiger partial charge < -0.3 is 0 Å². The Balaban J connectivity index is 1.55. The molecule has 4 aromatic heterocycles. The van der Waals surface area contributed by atoms with Gasteiger partial charge in [0.2, 0.25) is 0 Å². The van der Waals surface area contributed by atoms with E-state index in [0.29, 0.717) is 0 Å². The standard InChI is InChI=1S/C31H21N4P/c1-36(25-9-3-2-4-10-25,26-17-15-23-13-11-21-7-5-19-32-28(21)30(23)34-26)27-18-16-24-14-12-22-8-6-20-33-29(22)31(24)35-27/h2-20H,1H2. The van der Waals surface area contributed by atoms with Gasteiger partial charge in [-0.3, -0.25) is 9.97 Å². The molecule has 7 aromatic rings. The van der Waals surface area contributed by atoms with E-state index in [9.17, 15) is 0 Å². The molecule has 5 heteroatoms. The van der Waals surface area contributed by atoms with E-state index < -0.39 is 6.89 Å². The molecule has 0 aliphatic rings. The van der Waals surface area contributed by atoms with E-state index in [0.717, 1.165) is 59.8 Å². The van der Waals surface area contributed by atoms with Crippen LogP contribution in [0.25, 0.3) is 43.6 Å². The number of hydrogen-bond donors (Lipinski definition) is 0. The van der Waals surface area contributed by atoms with Crippen LogP contribution in [0.3, 0.4) is 0 Å². The molecule has 0 aliphatic carbocycles. The van der Waals surface area contributed by atoms with Gasteiger partial charge in [-0.1, -0.05) is 85.2 Å². The zero-order valence-electron chi connectivity index (χ0n) is 19.4. The molecule has 0 amide bonds. The zero-order chi connectivity index (χ0) is 24.1. The van der Waals surface area contributed by atoms with Crippen LogP contribution in [0.4, 0.5) is 0 Å². The molecule has 4 heterocycles. The number of fused-ring (bicyclic) bond motifs is 6. The minimum atomic E-state index is -2.42. The largest absolute Gasteiger partial charge is 0.254 e. The number of rotatable bonds is 3. The minimum Gasteiger partial charge on any atom is -0.254 e. The van der Waals surface area contributed by atoms with Gasteiger partial charge in [0, 0.05) is 40.8 Å². The fourth-order valence-electron chi connectivity index (χ4n) is 4.92. The van der Waals surface area contributed by atoms with Crippen molar-refractivity contribution in [3.05, 3.63) is 116 Å². The second-order valence-corrected chi connectivity index (χ2v) is 12.0. The smallest absolute Gasteiger partial charge is 0.0972 e. The molecule has 0 aliphatic heterocycles. The molecule has 3 aromatic carbocycles. The molecule has 0 atom stereocenters. The highest BCUT2D eigenvalue weighted by molar-refractivity contribution is 7.93. The summed E-state index contributed by atoms with van der Waals surface area (Å²) >= 11 is 0. The zero-order valence-corrected chi connectivity index (χ0v) is 20.3. The first-order valence-corrected chi connectivity index (χ1v) is 13.8. The first-order valence-electron chi connectivity index (χ1n) is 11.8. The van der Waals surface area contributed by atoms with Crippen molar-refractivity contribution in [1.82, 2.24) is 19.9 Å². The third kappa shape index (κ3) is 3.16. The van der Waals surface area contributed by atoms with Gasteiger partial charge >= 0.3 is 0 Å². The van der Waals surface area contributed by atoms with Crippen LogP contribution in [-0.4, -0.2) is 26.2 Å². The molecule has 0 N–H and O–H groups in total. The van der Waals surface area contributed by atoms with E-state index >= 15 is 0 Å². The lowest BCUT2D eigenvalue weighted by atomic mass is 10.1. The Morgan fingerprint density at radius 2 is 0.889 bits per heavy atom. The van der Waals surface area contributed by atoms with E-state index in [1.807, 2.05) is 30.6 Å². The van der Waals surface area contributed by atoms with Gasteiger partial charge in [-0.15, -0.1) is 0 Å². The van der Waals surface area contributed by atoms with Crippen molar-refractivity contribution in [1.29, 1.82) is 0 Å². The fraction of sp³-hybridized carbons (Fsp3) is 0. The quantitative estimate of drug-likeness (QED) is 0.244. The average Bonchev–Trinajstić information content (AvgIpc) is 2.96. The molecule has 170 valence electrons. The summed E-state index contributed by atoms with van der Waals surface area (Å²) in [5, 5.41) is 5.40. The Kier molecular flexibility index (Phi) is 4.70. The maximum Gasteiger partial charge on any atom is 0.0972 e. The summed E-state index contributed by atoms with van der Waals surface area (Å²) in [5.74, 6) is 0. The molecule has 0 saturated carbocycles. The summed E-state index contributed by atoms with van der Waals surface area (Å²) < 4.78 is 0. The minimum absolute atomic E-state index is 0.891. The topological polar surface area (TPSA) is 51.6 Å². The van der Waals surface area contributed by atoms with Gasteiger partial charge in [-0.05, 0) is 29.6 Å². The van der Waals surface area contributed by atoms with Gasteiger partial charge in [0.15, 0.2) is 0 Å². The summed E-state index contributed by atoms with van der Waals surface area (Å²) in [6, 6.07) is 35.4. The van der Waals surface area contributed by atoms with Crippen LogP contribution in [0.1, 0.15) is 0 Å². The number of pyridine rings is 4. The first kappa shape index (κ1) is 20.9. The second-order valence-electron chi connectivity index (χ2n) is 8.91. The predicted octanol–water partition coefficient (Wildman–Crippen LogP) is 5.61. The van der Waals surface area contributed by atoms with Crippen LogP contribution in [0.5, 0.6) is 0 Å². The Morgan fingerprint density at radius 3 is 1.39 bits per heavy atom. The van der Waals surface area contributed by atoms with Crippen molar-refractivity contribution in [2.24, 2.45) is 0 Å².